The van der Waals surface area contributed by atoms with Crippen molar-refractivity contribution in [1.29, 1.82) is 0 Å². The summed E-state index contributed by atoms with van der Waals surface area (Å²) in [6.07, 6.45) is 5.24. The number of likely N-dealkylation sites (N-methyl/N-ethyl adjacent to an activating group) is 1. The van der Waals surface area contributed by atoms with Crippen molar-refractivity contribution >= 4 is 5.95 Å². The van der Waals surface area contributed by atoms with Crippen molar-refractivity contribution in [2.45, 2.75) is 38.3 Å². The highest BCUT2D eigenvalue weighted by Gasteiger charge is 2.20. The highest BCUT2D eigenvalue weighted by Crippen LogP contribution is 2.18. The zero-order valence-electron chi connectivity index (χ0n) is 11.6. The minimum absolute atomic E-state index is 0.638. The maximum Gasteiger partial charge on any atom is 0.266 e. The molecular weight excluding hydrogens is 242 g/mol. The lowest BCUT2D eigenvalue weighted by Crippen LogP contribution is -2.44. The monoisotopic (exact) mass is 265 g/mol. The van der Waals surface area contributed by atoms with Crippen LogP contribution in [-0.4, -0.2) is 54.3 Å². The second kappa shape index (κ2) is 5.88. The number of aromatic nitrogens is 2. The molecule has 0 spiro atoms. The second-order valence-corrected chi connectivity index (χ2v) is 5.64. The Labute approximate surface area is 114 Å². The summed E-state index contributed by atoms with van der Waals surface area (Å²) in [5, 5.41) is 7.59. The molecule has 0 radical (unpaired) electrons. The number of nitrogens with one attached hydrogen (secondary N) is 1. The van der Waals surface area contributed by atoms with Crippen LogP contribution in [0.1, 0.15) is 31.6 Å². The van der Waals surface area contributed by atoms with Crippen molar-refractivity contribution in [3.8, 4) is 0 Å². The average Bonchev–Trinajstić information content (AvgIpc) is 3.09. The fourth-order valence-electron chi connectivity index (χ4n) is 2.81. The Balaban J connectivity index is 1.51. The molecule has 0 unspecified atom stereocenters. The van der Waals surface area contributed by atoms with E-state index in [4.69, 9.17) is 4.52 Å². The van der Waals surface area contributed by atoms with Crippen LogP contribution in [0, 0.1) is 0 Å². The van der Waals surface area contributed by atoms with Crippen LogP contribution in [0.2, 0.25) is 0 Å². The SMILES string of the molecule is CN1CCN(c2noc(CNC3CCCC3)n2)CC1. The molecule has 1 aromatic heterocycles. The van der Waals surface area contributed by atoms with Crippen molar-refractivity contribution in [3.63, 3.8) is 0 Å². The summed E-state index contributed by atoms with van der Waals surface area (Å²) >= 11 is 0. The predicted octanol–water partition coefficient (Wildman–Crippen LogP) is 0.854. The first kappa shape index (κ1) is 12.9. The standard InChI is InChI=1S/C13H23N5O/c1-17-6-8-18(9-7-17)13-15-12(19-16-13)10-14-11-4-2-3-5-11/h11,14H,2-10H2,1H3. The van der Waals surface area contributed by atoms with Crippen molar-refractivity contribution in [1.82, 2.24) is 20.4 Å². The second-order valence-electron chi connectivity index (χ2n) is 5.64. The van der Waals surface area contributed by atoms with Gasteiger partial charge in [-0.1, -0.05) is 12.8 Å². The Morgan fingerprint density at radius 2 is 1.95 bits per heavy atom. The van der Waals surface area contributed by atoms with Gasteiger partial charge in [-0.25, -0.2) is 0 Å². The lowest BCUT2D eigenvalue weighted by molar-refractivity contribution is 0.308. The molecule has 1 saturated carbocycles. The molecule has 2 fully saturated rings. The number of rotatable bonds is 4. The fourth-order valence-corrected chi connectivity index (χ4v) is 2.81. The summed E-state index contributed by atoms with van der Waals surface area (Å²) in [6.45, 7) is 4.77. The van der Waals surface area contributed by atoms with Crippen molar-refractivity contribution < 1.29 is 4.52 Å². The van der Waals surface area contributed by atoms with Crippen LogP contribution in [0.3, 0.4) is 0 Å². The molecule has 106 valence electrons. The molecule has 6 nitrogen and oxygen atoms in total. The molecule has 1 aliphatic heterocycles. The Kier molecular flexibility index (Phi) is 3.98. The van der Waals surface area contributed by atoms with E-state index in [9.17, 15) is 0 Å². The molecule has 1 N–H and O–H groups in total. The van der Waals surface area contributed by atoms with E-state index in [0.717, 1.165) is 32.1 Å². The lowest BCUT2D eigenvalue weighted by Gasteiger charge is -2.31. The molecule has 0 bridgehead atoms. The summed E-state index contributed by atoms with van der Waals surface area (Å²) in [7, 11) is 2.14. The quantitative estimate of drug-likeness (QED) is 0.871. The molecule has 6 heteroatoms. The van der Waals surface area contributed by atoms with Gasteiger partial charge in [-0.3, -0.25) is 0 Å². The predicted molar refractivity (Wildman–Crippen MR) is 73.1 cm³/mol. The van der Waals surface area contributed by atoms with E-state index in [1.54, 1.807) is 0 Å². The smallest absolute Gasteiger partial charge is 0.266 e. The summed E-state index contributed by atoms with van der Waals surface area (Å²) in [5.74, 6) is 1.46. The average molecular weight is 265 g/mol. The molecule has 0 atom stereocenters. The van der Waals surface area contributed by atoms with Crippen molar-refractivity contribution in [2.75, 3.05) is 38.1 Å². The first-order valence-electron chi connectivity index (χ1n) is 7.31. The summed E-state index contributed by atoms with van der Waals surface area (Å²) < 4.78 is 5.33. The van der Waals surface area contributed by atoms with Gasteiger partial charge in [0.15, 0.2) is 0 Å². The van der Waals surface area contributed by atoms with E-state index >= 15 is 0 Å². The molecule has 2 aliphatic rings. The van der Waals surface area contributed by atoms with Crippen LogP contribution in [-0.2, 0) is 6.54 Å². The maximum absolute atomic E-state index is 5.33. The molecule has 1 aliphatic carbocycles. The topological polar surface area (TPSA) is 57.4 Å². The van der Waals surface area contributed by atoms with Crippen LogP contribution in [0.4, 0.5) is 5.95 Å². The molecule has 0 aromatic carbocycles. The molecule has 2 heterocycles. The van der Waals surface area contributed by atoms with Crippen LogP contribution in [0.5, 0.6) is 0 Å². The molecule has 3 rings (SSSR count). The fraction of sp³-hybridized carbons (Fsp3) is 0.846. The third-order valence-corrected chi connectivity index (χ3v) is 4.14. The Hall–Kier alpha value is -1.14. The number of hydrogen-bond donors (Lipinski definition) is 1. The molecule has 1 aromatic rings. The van der Waals surface area contributed by atoms with Crippen LogP contribution >= 0.6 is 0 Å². The van der Waals surface area contributed by atoms with Gasteiger partial charge >= 0.3 is 0 Å². The number of piperazine rings is 1. The van der Waals surface area contributed by atoms with Gasteiger partial charge in [0.05, 0.1) is 6.54 Å². The third-order valence-electron chi connectivity index (χ3n) is 4.14. The normalized spacial score (nSPS) is 22.3. The highest BCUT2D eigenvalue weighted by atomic mass is 16.5. The first-order chi connectivity index (χ1) is 9.31. The Bertz CT molecular complexity index is 393. The number of anilines is 1. The van der Waals surface area contributed by atoms with Gasteiger partial charge in [-0.05, 0) is 25.0 Å². The minimum Gasteiger partial charge on any atom is -0.336 e. The van der Waals surface area contributed by atoms with Crippen LogP contribution < -0.4 is 10.2 Å². The van der Waals surface area contributed by atoms with Gasteiger partial charge in [0, 0.05) is 32.2 Å². The van der Waals surface area contributed by atoms with E-state index in [2.05, 4.69) is 32.3 Å². The zero-order chi connectivity index (χ0) is 13.1. The van der Waals surface area contributed by atoms with Crippen molar-refractivity contribution in [2.24, 2.45) is 0 Å². The van der Waals surface area contributed by atoms with Gasteiger partial charge in [0.25, 0.3) is 5.95 Å². The van der Waals surface area contributed by atoms with Gasteiger partial charge in [0.1, 0.15) is 0 Å². The summed E-state index contributed by atoms with van der Waals surface area (Å²) in [6, 6.07) is 0.638. The Morgan fingerprint density at radius 1 is 1.21 bits per heavy atom. The summed E-state index contributed by atoms with van der Waals surface area (Å²) in [5.41, 5.74) is 0. The lowest BCUT2D eigenvalue weighted by atomic mass is 10.2. The molecule has 1 saturated heterocycles. The van der Waals surface area contributed by atoms with Crippen molar-refractivity contribution in [3.05, 3.63) is 5.89 Å². The first-order valence-corrected chi connectivity index (χ1v) is 7.31. The minimum atomic E-state index is 0.638. The van der Waals surface area contributed by atoms with Crippen LogP contribution in [0.15, 0.2) is 4.52 Å². The molecule has 0 amide bonds. The van der Waals surface area contributed by atoms with Gasteiger partial charge in [-0.2, -0.15) is 4.98 Å². The van der Waals surface area contributed by atoms with Gasteiger partial charge < -0.3 is 19.6 Å². The number of nitrogens with zero attached hydrogens (tertiary/aromatic N) is 4. The van der Waals surface area contributed by atoms with E-state index in [0.29, 0.717) is 18.5 Å². The van der Waals surface area contributed by atoms with E-state index in [1.165, 1.54) is 25.7 Å². The maximum atomic E-state index is 5.33. The van der Waals surface area contributed by atoms with E-state index in [1.807, 2.05) is 0 Å². The molecule has 19 heavy (non-hydrogen) atoms. The van der Waals surface area contributed by atoms with Gasteiger partial charge in [0.2, 0.25) is 5.89 Å². The molecular formula is C13H23N5O. The highest BCUT2D eigenvalue weighted by molar-refractivity contribution is 5.28. The number of hydrogen-bond acceptors (Lipinski definition) is 6. The van der Waals surface area contributed by atoms with Gasteiger partial charge in [-0.15, -0.1) is 0 Å². The summed E-state index contributed by atoms with van der Waals surface area (Å²) in [4.78, 5) is 9.00. The third kappa shape index (κ3) is 3.25. The zero-order valence-corrected chi connectivity index (χ0v) is 11.6. The Morgan fingerprint density at radius 3 is 2.68 bits per heavy atom. The van der Waals surface area contributed by atoms with Crippen LogP contribution in [0.25, 0.3) is 0 Å². The van der Waals surface area contributed by atoms with E-state index < -0.39 is 0 Å². The largest absolute Gasteiger partial charge is 0.336 e. The van der Waals surface area contributed by atoms with E-state index in [-0.39, 0.29) is 0 Å².